The van der Waals surface area contributed by atoms with Gasteiger partial charge < -0.3 is 10.2 Å². The van der Waals surface area contributed by atoms with E-state index in [1.165, 1.54) is 57.3 Å². The molecule has 3 aliphatic rings. The Morgan fingerprint density at radius 3 is 2.52 bits per heavy atom. The summed E-state index contributed by atoms with van der Waals surface area (Å²) in [7, 11) is 0. The quantitative estimate of drug-likeness (QED) is 0.858. The molecule has 1 N–H and O–H groups in total. The van der Waals surface area contributed by atoms with E-state index in [0.29, 0.717) is 6.04 Å². The van der Waals surface area contributed by atoms with Crippen LogP contribution in [0.15, 0.2) is 24.3 Å². The number of halogens is 1. The van der Waals surface area contributed by atoms with E-state index in [1.807, 2.05) is 12.1 Å². The van der Waals surface area contributed by atoms with Gasteiger partial charge in [0.25, 0.3) is 0 Å². The zero-order valence-electron chi connectivity index (χ0n) is 12.6. The molecule has 1 heterocycles. The fraction of sp³-hybridized carbons (Fsp3) is 0.667. The van der Waals surface area contributed by atoms with Crippen LogP contribution in [0.3, 0.4) is 0 Å². The summed E-state index contributed by atoms with van der Waals surface area (Å²) in [6.45, 7) is 3.81. The Morgan fingerprint density at radius 1 is 1.10 bits per heavy atom. The molecule has 1 aromatic rings. The van der Waals surface area contributed by atoms with Gasteiger partial charge in [-0.25, -0.2) is 0 Å². The molecule has 0 amide bonds. The monoisotopic (exact) mass is 304 g/mol. The second kappa shape index (κ2) is 5.91. The molecule has 4 rings (SSSR count). The van der Waals surface area contributed by atoms with Gasteiger partial charge in [0.05, 0.1) is 0 Å². The number of likely N-dealkylation sites (tertiary alicyclic amines) is 1. The van der Waals surface area contributed by atoms with Crippen LogP contribution in [0.4, 0.5) is 0 Å². The fourth-order valence-corrected chi connectivity index (χ4v) is 3.88. The zero-order valence-corrected chi connectivity index (χ0v) is 13.4. The van der Waals surface area contributed by atoms with Crippen molar-refractivity contribution in [1.29, 1.82) is 0 Å². The highest BCUT2D eigenvalue weighted by Crippen LogP contribution is 2.41. The van der Waals surface area contributed by atoms with Crippen molar-refractivity contribution in [2.75, 3.05) is 19.6 Å². The van der Waals surface area contributed by atoms with Crippen molar-refractivity contribution < 1.29 is 0 Å². The SMILES string of the molecule is Clc1ccc(C(NCC2CCN(C3CC3)C2)C2CC2)cc1. The van der Waals surface area contributed by atoms with Crippen molar-refractivity contribution in [3.8, 4) is 0 Å². The number of hydrogen-bond acceptors (Lipinski definition) is 2. The molecule has 3 heteroatoms. The predicted molar refractivity (Wildman–Crippen MR) is 87.6 cm³/mol. The third kappa shape index (κ3) is 3.44. The van der Waals surface area contributed by atoms with Gasteiger partial charge >= 0.3 is 0 Å². The Bertz CT molecular complexity index is 478. The molecular formula is C18H25ClN2. The molecule has 2 unspecified atom stereocenters. The van der Waals surface area contributed by atoms with Gasteiger partial charge in [0.2, 0.25) is 0 Å². The van der Waals surface area contributed by atoms with Crippen LogP contribution in [0.1, 0.15) is 43.7 Å². The number of nitrogens with one attached hydrogen (secondary N) is 1. The lowest BCUT2D eigenvalue weighted by atomic mass is 10.0. The average molecular weight is 305 g/mol. The molecule has 2 nitrogen and oxygen atoms in total. The molecule has 21 heavy (non-hydrogen) atoms. The third-order valence-corrected chi connectivity index (χ3v) is 5.58. The van der Waals surface area contributed by atoms with E-state index in [-0.39, 0.29) is 0 Å². The Morgan fingerprint density at radius 2 is 1.86 bits per heavy atom. The standard InChI is InChI=1S/C18H25ClN2/c19-16-5-3-15(4-6-16)18(14-1-2-14)20-11-13-9-10-21(12-13)17-7-8-17/h3-6,13-14,17-18,20H,1-2,7-12H2. The van der Waals surface area contributed by atoms with Crippen molar-refractivity contribution in [3.05, 3.63) is 34.9 Å². The van der Waals surface area contributed by atoms with E-state index >= 15 is 0 Å². The van der Waals surface area contributed by atoms with Crippen LogP contribution in [0.25, 0.3) is 0 Å². The summed E-state index contributed by atoms with van der Waals surface area (Å²) >= 11 is 6.02. The highest BCUT2D eigenvalue weighted by atomic mass is 35.5. The smallest absolute Gasteiger partial charge is 0.0406 e. The maximum atomic E-state index is 6.02. The summed E-state index contributed by atoms with van der Waals surface area (Å²) in [6.07, 6.45) is 7.01. The molecule has 3 fully saturated rings. The van der Waals surface area contributed by atoms with E-state index in [4.69, 9.17) is 11.6 Å². The van der Waals surface area contributed by atoms with Crippen molar-refractivity contribution >= 4 is 11.6 Å². The molecular weight excluding hydrogens is 280 g/mol. The first-order chi connectivity index (χ1) is 10.3. The minimum absolute atomic E-state index is 0.539. The van der Waals surface area contributed by atoms with Crippen LogP contribution in [-0.2, 0) is 0 Å². The number of rotatable bonds is 6. The Balaban J connectivity index is 1.34. The summed E-state index contributed by atoms with van der Waals surface area (Å²) in [5.74, 6) is 1.69. The van der Waals surface area contributed by atoms with E-state index in [0.717, 1.165) is 22.9 Å². The van der Waals surface area contributed by atoms with Gasteiger partial charge in [0.1, 0.15) is 0 Å². The summed E-state index contributed by atoms with van der Waals surface area (Å²) in [5.41, 5.74) is 1.42. The number of nitrogens with zero attached hydrogens (tertiary/aromatic N) is 1. The summed E-state index contributed by atoms with van der Waals surface area (Å²) in [5, 5.41) is 4.71. The second-order valence-electron chi connectivity index (χ2n) is 7.16. The highest BCUT2D eigenvalue weighted by molar-refractivity contribution is 6.30. The maximum absolute atomic E-state index is 6.02. The molecule has 1 aromatic carbocycles. The van der Waals surface area contributed by atoms with Crippen molar-refractivity contribution in [3.63, 3.8) is 0 Å². The van der Waals surface area contributed by atoms with Gasteiger partial charge in [0, 0.05) is 23.7 Å². The fourth-order valence-electron chi connectivity index (χ4n) is 3.75. The Hall–Kier alpha value is -0.570. The van der Waals surface area contributed by atoms with Gasteiger partial charge in [-0.2, -0.15) is 0 Å². The van der Waals surface area contributed by atoms with Crippen LogP contribution < -0.4 is 5.32 Å². The van der Waals surface area contributed by atoms with Crippen molar-refractivity contribution in [2.45, 2.75) is 44.2 Å². The van der Waals surface area contributed by atoms with Crippen LogP contribution in [0.5, 0.6) is 0 Å². The summed E-state index contributed by atoms with van der Waals surface area (Å²) in [4.78, 5) is 2.71. The molecule has 0 radical (unpaired) electrons. The van der Waals surface area contributed by atoms with E-state index < -0.39 is 0 Å². The zero-order chi connectivity index (χ0) is 14.2. The lowest BCUT2D eigenvalue weighted by Crippen LogP contribution is -2.31. The molecule has 2 saturated carbocycles. The van der Waals surface area contributed by atoms with Crippen molar-refractivity contribution in [2.24, 2.45) is 11.8 Å². The minimum atomic E-state index is 0.539. The summed E-state index contributed by atoms with van der Waals surface area (Å²) in [6, 6.07) is 9.92. The van der Waals surface area contributed by atoms with Gasteiger partial charge in [-0.05, 0) is 74.7 Å². The normalized spacial score (nSPS) is 28.0. The van der Waals surface area contributed by atoms with Crippen molar-refractivity contribution in [1.82, 2.24) is 10.2 Å². The molecule has 1 saturated heterocycles. The molecule has 1 aliphatic heterocycles. The Kier molecular flexibility index (Phi) is 3.95. The summed E-state index contributed by atoms with van der Waals surface area (Å²) < 4.78 is 0. The van der Waals surface area contributed by atoms with Crippen LogP contribution in [-0.4, -0.2) is 30.6 Å². The predicted octanol–water partition coefficient (Wildman–Crippen LogP) is 3.87. The maximum Gasteiger partial charge on any atom is 0.0406 e. The molecule has 2 atom stereocenters. The largest absolute Gasteiger partial charge is 0.309 e. The lowest BCUT2D eigenvalue weighted by Gasteiger charge is -2.22. The average Bonchev–Trinajstić information content (AvgIpc) is 3.41. The van der Waals surface area contributed by atoms with Gasteiger partial charge in [-0.3, -0.25) is 0 Å². The number of hydrogen-bond donors (Lipinski definition) is 1. The molecule has 114 valence electrons. The van der Waals surface area contributed by atoms with Gasteiger partial charge in [0.15, 0.2) is 0 Å². The van der Waals surface area contributed by atoms with Gasteiger partial charge in [-0.15, -0.1) is 0 Å². The first kappa shape index (κ1) is 14.0. The lowest BCUT2D eigenvalue weighted by molar-refractivity contribution is 0.307. The molecule has 2 aliphatic carbocycles. The molecule has 0 bridgehead atoms. The molecule has 0 aromatic heterocycles. The number of benzene rings is 1. The van der Waals surface area contributed by atoms with E-state index in [9.17, 15) is 0 Å². The minimum Gasteiger partial charge on any atom is -0.309 e. The third-order valence-electron chi connectivity index (χ3n) is 5.33. The van der Waals surface area contributed by atoms with E-state index in [1.54, 1.807) is 0 Å². The van der Waals surface area contributed by atoms with Gasteiger partial charge in [-0.1, -0.05) is 23.7 Å². The van der Waals surface area contributed by atoms with Crippen LogP contribution in [0, 0.1) is 11.8 Å². The first-order valence-corrected chi connectivity index (χ1v) is 8.90. The molecule has 0 spiro atoms. The topological polar surface area (TPSA) is 15.3 Å². The van der Waals surface area contributed by atoms with E-state index in [2.05, 4.69) is 22.3 Å². The highest BCUT2D eigenvalue weighted by Gasteiger charge is 2.36. The first-order valence-electron chi connectivity index (χ1n) is 8.52. The van der Waals surface area contributed by atoms with Crippen LogP contribution in [0.2, 0.25) is 5.02 Å². The van der Waals surface area contributed by atoms with Crippen LogP contribution >= 0.6 is 11.6 Å². The Labute approximate surface area is 132 Å². The second-order valence-corrected chi connectivity index (χ2v) is 7.59.